The topological polar surface area (TPSA) is 75.5 Å². The number of benzene rings is 1. The molecule has 0 radical (unpaired) electrons. The molecule has 1 aromatic heterocycles. The average Bonchev–Trinajstić information content (AvgIpc) is 3.39. The largest absolute Gasteiger partial charge is 0.335 e. The van der Waals surface area contributed by atoms with Gasteiger partial charge in [-0.1, -0.05) is 18.2 Å². The predicted molar refractivity (Wildman–Crippen MR) is 110 cm³/mol. The zero-order chi connectivity index (χ0) is 20.0. The van der Waals surface area contributed by atoms with Gasteiger partial charge < -0.3 is 4.90 Å². The summed E-state index contributed by atoms with van der Waals surface area (Å²) in [5, 5.41) is 4.74. The van der Waals surface area contributed by atoms with Crippen LogP contribution in [0.4, 0.5) is 0 Å². The summed E-state index contributed by atoms with van der Waals surface area (Å²) in [6, 6.07) is 11.9. The number of hydrogen-bond donors (Lipinski definition) is 0. The highest BCUT2D eigenvalue weighted by molar-refractivity contribution is 7.91. The zero-order valence-corrected chi connectivity index (χ0v) is 17.2. The SMILES string of the molecule is O=C(c1cc(C2CC2)nn1-c1ccccc1)N1CCN([C@H]2CCS(=O)(=O)C2)CC1. The lowest BCUT2D eigenvalue weighted by Gasteiger charge is -2.37. The van der Waals surface area contributed by atoms with Gasteiger partial charge in [0.15, 0.2) is 9.84 Å². The average molecular weight is 415 g/mol. The molecule has 7 nitrogen and oxygen atoms in total. The summed E-state index contributed by atoms with van der Waals surface area (Å²) in [5.41, 5.74) is 2.53. The molecule has 0 N–H and O–H groups in total. The van der Waals surface area contributed by atoms with Crippen molar-refractivity contribution in [2.24, 2.45) is 0 Å². The van der Waals surface area contributed by atoms with Gasteiger partial charge in [0, 0.05) is 38.1 Å². The fraction of sp³-hybridized carbons (Fsp3) is 0.524. The molecule has 0 unspecified atom stereocenters. The second-order valence-electron chi connectivity index (χ2n) is 8.36. The second-order valence-corrected chi connectivity index (χ2v) is 10.6. The minimum Gasteiger partial charge on any atom is -0.335 e. The lowest BCUT2D eigenvalue weighted by molar-refractivity contribution is 0.0579. The van der Waals surface area contributed by atoms with Gasteiger partial charge in [-0.3, -0.25) is 9.69 Å². The van der Waals surface area contributed by atoms with Gasteiger partial charge in [0.25, 0.3) is 5.91 Å². The Morgan fingerprint density at radius 2 is 1.72 bits per heavy atom. The first kappa shape index (κ1) is 18.8. The molecule has 3 aliphatic rings. The number of sulfone groups is 1. The summed E-state index contributed by atoms with van der Waals surface area (Å²) in [4.78, 5) is 17.4. The first-order valence-electron chi connectivity index (χ1n) is 10.4. The number of para-hydroxylation sites is 1. The van der Waals surface area contributed by atoms with E-state index in [1.165, 1.54) is 0 Å². The Morgan fingerprint density at radius 1 is 1.00 bits per heavy atom. The van der Waals surface area contributed by atoms with Crippen LogP contribution in [0.1, 0.15) is 41.4 Å². The molecule has 5 rings (SSSR count). The molecule has 8 heteroatoms. The fourth-order valence-electron chi connectivity index (χ4n) is 4.41. The first-order valence-corrected chi connectivity index (χ1v) is 12.2. The van der Waals surface area contributed by atoms with E-state index in [9.17, 15) is 13.2 Å². The molecule has 154 valence electrons. The Labute approximate surface area is 171 Å². The lowest BCUT2D eigenvalue weighted by atomic mass is 10.2. The minimum atomic E-state index is -2.89. The van der Waals surface area contributed by atoms with E-state index in [0.717, 1.165) is 37.3 Å². The summed E-state index contributed by atoms with van der Waals surface area (Å²) in [5.74, 6) is 1.03. The molecule has 2 saturated heterocycles. The Bertz CT molecular complexity index is 1010. The van der Waals surface area contributed by atoms with Crippen LogP contribution in [-0.4, -0.2) is 77.6 Å². The van der Waals surface area contributed by atoms with Crippen molar-refractivity contribution in [1.29, 1.82) is 0 Å². The monoisotopic (exact) mass is 414 g/mol. The van der Waals surface area contributed by atoms with Crippen LogP contribution in [0.3, 0.4) is 0 Å². The molecule has 1 saturated carbocycles. The maximum atomic E-state index is 13.3. The molecule has 3 heterocycles. The normalized spacial score (nSPS) is 24.7. The van der Waals surface area contributed by atoms with Crippen LogP contribution >= 0.6 is 0 Å². The summed E-state index contributed by atoms with van der Waals surface area (Å²) in [6.45, 7) is 2.68. The van der Waals surface area contributed by atoms with Gasteiger partial charge in [-0.05, 0) is 37.5 Å². The van der Waals surface area contributed by atoms with E-state index in [0.29, 0.717) is 31.1 Å². The van der Waals surface area contributed by atoms with Gasteiger partial charge in [-0.25, -0.2) is 13.1 Å². The third-order valence-electron chi connectivity index (χ3n) is 6.27. The molecule has 29 heavy (non-hydrogen) atoms. The quantitative estimate of drug-likeness (QED) is 0.761. The van der Waals surface area contributed by atoms with Crippen LogP contribution < -0.4 is 0 Å². The Balaban J connectivity index is 1.32. The van der Waals surface area contributed by atoms with Crippen molar-refractivity contribution in [3.63, 3.8) is 0 Å². The molecular weight excluding hydrogens is 388 g/mol. The third-order valence-corrected chi connectivity index (χ3v) is 8.02. The smallest absolute Gasteiger partial charge is 0.272 e. The Hall–Kier alpha value is -2.19. The highest BCUT2D eigenvalue weighted by Crippen LogP contribution is 2.40. The van der Waals surface area contributed by atoms with Crippen molar-refractivity contribution in [2.75, 3.05) is 37.7 Å². The summed E-state index contributed by atoms with van der Waals surface area (Å²) in [7, 11) is -2.89. The van der Waals surface area contributed by atoms with Gasteiger partial charge in [-0.2, -0.15) is 5.10 Å². The molecule has 1 amide bonds. The summed E-state index contributed by atoms with van der Waals surface area (Å²) < 4.78 is 25.3. The van der Waals surface area contributed by atoms with Crippen molar-refractivity contribution >= 4 is 15.7 Å². The van der Waals surface area contributed by atoms with Gasteiger partial charge in [0.2, 0.25) is 0 Å². The Morgan fingerprint density at radius 3 is 2.34 bits per heavy atom. The van der Waals surface area contributed by atoms with Crippen molar-refractivity contribution in [1.82, 2.24) is 19.6 Å². The molecular formula is C21H26N4O3S. The van der Waals surface area contributed by atoms with Gasteiger partial charge in [-0.15, -0.1) is 0 Å². The van der Waals surface area contributed by atoms with Crippen molar-refractivity contribution in [3.8, 4) is 5.69 Å². The molecule has 0 spiro atoms. The van der Waals surface area contributed by atoms with Gasteiger partial charge >= 0.3 is 0 Å². The van der Waals surface area contributed by atoms with Crippen molar-refractivity contribution in [2.45, 2.75) is 31.2 Å². The number of hydrogen-bond acceptors (Lipinski definition) is 5. The number of nitrogens with zero attached hydrogens (tertiary/aromatic N) is 4. The van der Waals surface area contributed by atoms with E-state index < -0.39 is 9.84 Å². The first-order chi connectivity index (χ1) is 14.0. The molecule has 1 aromatic carbocycles. The molecule has 1 aliphatic carbocycles. The number of rotatable bonds is 4. The predicted octanol–water partition coefficient (Wildman–Crippen LogP) is 1.69. The van der Waals surface area contributed by atoms with Crippen LogP contribution in [0.15, 0.2) is 36.4 Å². The van der Waals surface area contributed by atoms with Crippen molar-refractivity contribution in [3.05, 3.63) is 47.8 Å². The summed E-state index contributed by atoms with van der Waals surface area (Å²) in [6.07, 6.45) is 2.99. The molecule has 0 bridgehead atoms. The zero-order valence-electron chi connectivity index (χ0n) is 16.4. The van der Waals surface area contributed by atoms with E-state index >= 15 is 0 Å². The maximum absolute atomic E-state index is 13.3. The van der Waals surface area contributed by atoms with E-state index in [1.807, 2.05) is 41.3 Å². The Kier molecular flexibility index (Phi) is 4.70. The molecule has 3 fully saturated rings. The van der Waals surface area contributed by atoms with Gasteiger partial charge in [0.1, 0.15) is 5.69 Å². The second kappa shape index (κ2) is 7.25. The van der Waals surface area contributed by atoms with E-state index in [1.54, 1.807) is 4.68 Å². The molecule has 2 aliphatic heterocycles. The van der Waals surface area contributed by atoms with Crippen LogP contribution in [0, 0.1) is 0 Å². The lowest BCUT2D eigenvalue weighted by Crippen LogP contribution is -2.52. The maximum Gasteiger partial charge on any atom is 0.272 e. The van der Waals surface area contributed by atoms with E-state index in [2.05, 4.69) is 4.90 Å². The third kappa shape index (κ3) is 3.83. The standard InChI is InChI=1S/C21H26N4O3S/c26-21(24-11-9-23(10-12-24)18-8-13-29(27,28)15-18)20-14-19(16-6-7-16)22-25(20)17-4-2-1-3-5-17/h1-5,14,16,18H,6-13,15H2/t18-/m0/s1. The van der Waals surface area contributed by atoms with Crippen molar-refractivity contribution < 1.29 is 13.2 Å². The summed E-state index contributed by atoms with van der Waals surface area (Å²) >= 11 is 0. The fourth-order valence-corrected chi connectivity index (χ4v) is 6.17. The number of amides is 1. The van der Waals surface area contributed by atoms with Crippen LogP contribution in [0.5, 0.6) is 0 Å². The van der Waals surface area contributed by atoms with E-state index in [4.69, 9.17) is 5.10 Å². The van der Waals surface area contributed by atoms with Crippen LogP contribution in [0.2, 0.25) is 0 Å². The van der Waals surface area contributed by atoms with Crippen LogP contribution in [-0.2, 0) is 9.84 Å². The number of carbonyl (C=O) groups is 1. The number of aromatic nitrogens is 2. The minimum absolute atomic E-state index is 0.00643. The molecule has 2 aromatic rings. The molecule has 1 atom stereocenters. The number of carbonyl (C=O) groups excluding carboxylic acids is 1. The highest BCUT2D eigenvalue weighted by atomic mass is 32.2. The highest BCUT2D eigenvalue weighted by Gasteiger charge is 2.35. The van der Waals surface area contributed by atoms with Gasteiger partial charge in [0.05, 0.1) is 22.9 Å². The van der Waals surface area contributed by atoms with E-state index in [-0.39, 0.29) is 23.5 Å². The number of piperazine rings is 1. The van der Waals surface area contributed by atoms with Crippen LogP contribution in [0.25, 0.3) is 5.69 Å².